The Morgan fingerprint density at radius 2 is 2.12 bits per heavy atom. The minimum Gasteiger partial charge on any atom is -0.381 e. The standard InChI is InChI=1S/C21H21F3N6O2S/c1-12-6-13(8-14(7-12)28-19-26-4-2-16(29-19)21(22,23)24)15-9-27-18(33-15)20(32)3-5-30(11-20)10-17(25)31/h2,4,6-9,32H,3,5,10-11H2,1H3,(H2,25,31)(H,26,28,29). The van der Waals surface area contributed by atoms with E-state index in [4.69, 9.17) is 5.73 Å². The van der Waals surface area contributed by atoms with Crippen LogP contribution in [0.25, 0.3) is 10.4 Å². The molecule has 1 amide bonds. The van der Waals surface area contributed by atoms with Crippen LogP contribution in [0.2, 0.25) is 0 Å². The van der Waals surface area contributed by atoms with E-state index in [0.717, 1.165) is 28.3 Å². The van der Waals surface area contributed by atoms with E-state index in [2.05, 4.69) is 20.3 Å². The lowest BCUT2D eigenvalue weighted by Crippen LogP contribution is -2.35. The van der Waals surface area contributed by atoms with Crippen molar-refractivity contribution in [3.05, 3.63) is 52.9 Å². The molecular weight excluding hydrogens is 457 g/mol. The maximum Gasteiger partial charge on any atom is 0.433 e. The molecule has 3 aromatic rings. The third-order valence-electron chi connectivity index (χ3n) is 5.17. The summed E-state index contributed by atoms with van der Waals surface area (Å²) in [6.07, 6.45) is -1.44. The van der Waals surface area contributed by atoms with Crippen LogP contribution in [0.3, 0.4) is 0 Å². The number of rotatable bonds is 6. The molecular formula is C21H21F3N6O2S. The van der Waals surface area contributed by atoms with Gasteiger partial charge in [-0.1, -0.05) is 6.07 Å². The number of anilines is 2. The normalized spacial score (nSPS) is 19.1. The highest BCUT2D eigenvalue weighted by atomic mass is 32.1. The number of aryl methyl sites for hydroxylation is 1. The Balaban J connectivity index is 1.56. The van der Waals surface area contributed by atoms with E-state index in [0.29, 0.717) is 23.7 Å². The largest absolute Gasteiger partial charge is 0.433 e. The average Bonchev–Trinajstić information content (AvgIpc) is 3.35. The lowest BCUT2D eigenvalue weighted by atomic mass is 10.1. The number of alkyl halides is 3. The zero-order valence-electron chi connectivity index (χ0n) is 17.6. The van der Waals surface area contributed by atoms with Crippen LogP contribution in [0, 0.1) is 6.92 Å². The molecule has 1 fully saturated rings. The summed E-state index contributed by atoms with van der Waals surface area (Å²) in [7, 11) is 0. The number of β-amino-alcohol motifs (C(OH)–C–C–N with tert-alkyl or cyclic N) is 1. The molecule has 0 spiro atoms. The van der Waals surface area contributed by atoms with E-state index in [9.17, 15) is 23.1 Å². The molecule has 1 unspecified atom stereocenters. The molecule has 1 saturated heterocycles. The summed E-state index contributed by atoms with van der Waals surface area (Å²) in [5.41, 5.74) is 5.21. The second-order valence-electron chi connectivity index (χ2n) is 7.96. The SMILES string of the molecule is Cc1cc(Nc2nccc(C(F)(F)F)n2)cc(-c2cnc(C3(O)CCN(CC(N)=O)C3)s2)c1. The lowest BCUT2D eigenvalue weighted by Gasteiger charge is -2.20. The molecule has 33 heavy (non-hydrogen) atoms. The zero-order chi connectivity index (χ0) is 23.8. The van der Waals surface area contributed by atoms with Crippen LogP contribution >= 0.6 is 11.3 Å². The van der Waals surface area contributed by atoms with Gasteiger partial charge in [-0.2, -0.15) is 13.2 Å². The Morgan fingerprint density at radius 3 is 2.85 bits per heavy atom. The summed E-state index contributed by atoms with van der Waals surface area (Å²) in [4.78, 5) is 25.5. The number of halogens is 3. The van der Waals surface area contributed by atoms with Crippen LogP contribution in [-0.4, -0.2) is 50.5 Å². The molecule has 4 N–H and O–H groups in total. The van der Waals surface area contributed by atoms with Gasteiger partial charge in [-0.05, 0) is 42.7 Å². The fourth-order valence-corrected chi connectivity index (χ4v) is 4.74. The number of nitrogens with one attached hydrogen (secondary N) is 1. The Labute approximate surface area is 191 Å². The van der Waals surface area contributed by atoms with Crippen LogP contribution in [0.1, 0.15) is 22.7 Å². The number of primary amides is 1. The highest BCUT2D eigenvalue weighted by Gasteiger charge is 2.40. The van der Waals surface area contributed by atoms with Gasteiger partial charge in [-0.3, -0.25) is 9.69 Å². The number of carbonyl (C=O) groups excluding carboxylic acids is 1. The first-order valence-electron chi connectivity index (χ1n) is 10.0. The molecule has 1 atom stereocenters. The summed E-state index contributed by atoms with van der Waals surface area (Å²) in [5.74, 6) is -0.621. The number of likely N-dealkylation sites (tertiary alicyclic amines) is 1. The van der Waals surface area contributed by atoms with Crippen LogP contribution < -0.4 is 11.1 Å². The number of benzene rings is 1. The molecule has 1 aromatic carbocycles. The highest BCUT2D eigenvalue weighted by Crippen LogP contribution is 2.38. The average molecular weight is 479 g/mol. The number of carbonyl (C=O) groups is 1. The lowest BCUT2D eigenvalue weighted by molar-refractivity contribution is -0.141. The Kier molecular flexibility index (Phi) is 6.08. The number of hydrogen-bond donors (Lipinski definition) is 3. The molecule has 1 aliphatic rings. The molecule has 2 aromatic heterocycles. The minimum absolute atomic E-state index is 0.0745. The van der Waals surface area contributed by atoms with Gasteiger partial charge >= 0.3 is 6.18 Å². The Hall–Kier alpha value is -3.09. The topological polar surface area (TPSA) is 117 Å². The van der Waals surface area contributed by atoms with Gasteiger partial charge < -0.3 is 16.2 Å². The Morgan fingerprint density at radius 1 is 1.33 bits per heavy atom. The van der Waals surface area contributed by atoms with Gasteiger partial charge in [0, 0.05) is 31.2 Å². The van der Waals surface area contributed by atoms with E-state index < -0.39 is 23.4 Å². The third kappa shape index (κ3) is 5.29. The van der Waals surface area contributed by atoms with Crippen LogP contribution in [0.4, 0.5) is 24.8 Å². The van der Waals surface area contributed by atoms with Gasteiger partial charge in [0.25, 0.3) is 0 Å². The van der Waals surface area contributed by atoms with Gasteiger partial charge in [0.2, 0.25) is 11.9 Å². The van der Waals surface area contributed by atoms with Gasteiger partial charge in [0.15, 0.2) is 0 Å². The van der Waals surface area contributed by atoms with Crippen molar-refractivity contribution in [3.63, 3.8) is 0 Å². The number of aromatic nitrogens is 3. The summed E-state index contributed by atoms with van der Waals surface area (Å²) in [6.45, 7) is 2.72. The molecule has 0 saturated carbocycles. The maximum absolute atomic E-state index is 12.9. The predicted octanol–water partition coefficient (Wildman–Crippen LogP) is 3.05. The molecule has 0 aliphatic carbocycles. The van der Waals surface area contributed by atoms with E-state index in [1.807, 2.05) is 13.0 Å². The molecule has 1 aliphatic heterocycles. The van der Waals surface area contributed by atoms with Crippen molar-refractivity contribution in [2.45, 2.75) is 25.1 Å². The van der Waals surface area contributed by atoms with E-state index >= 15 is 0 Å². The molecule has 0 radical (unpaired) electrons. The predicted molar refractivity (Wildman–Crippen MR) is 117 cm³/mol. The van der Waals surface area contributed by atoms with Gasteiger partial charge in [-0.15, -0.1) is 11.3 Å². The summed E-state index contributed by atoms with van der Waals surface area (Å²) in [5, 5.41) is 14.4. The third-order valence-corrected chi connectivity index (χ3v) is 6.41. The number of amides is 1. The first-order chi connectivity index (χ1) is 15.5. The van der Waals surface area contributed by atoms with Crippen molar-refractivity contribution >= 4 is 28.9 Å². The maximum atomic E-state index is 12.9. The van der Waals surface area contributed by atoms with Crippen molar-refractivity contribution in [1.29, 1.82) is 0 Å². The van der Waals surface area contributed by atoms with E-state index in [1.165, 1.54) is 11.3 Å². The number of thiazole rings is 1. The zero-order valence-corrected chi connectivity index (χ0v) is 18.4. The second-order valence-corrected chi connectivity index (χ2v) is 8.99. The number of hydrogen-bond acceptors (Lipinski definition) is 8. The van der Waals surface area contributed by atoms with Crippen LogP contribution in [0.5, 0.6) is 0 Å². The van der Waals surface area contributed by atoms with Crippen molar-refractivity contribution in [2.75, 3.05) is 25.0 Å². The fourth-order valence-electron chi connectivity index (χ4n) is 3.73. The monoisotopic (exact) mass is 478 g/mol. The van der Waals surface area contributed by atoms with Crippen molar-refractivity contribution < 1.29 is 23.1 Å². The minimum atomic E-state index is -4.57. The second kappa shape index (κ2) is 8.69. The van der Waals surface area contributed by atoms with Crippen molar-refractivity contribution in [1.82, 2.24) is 19.9 Å². The van der Waals surface area contributed by atoms with E-state index in [-0.39, 0.29) is 19.0 Å². The molecule has 8 nitrogen and oxygen atoms in total. The number of nitrogens with zero attached hydrogens (tertiary/aromatic N) is 4. The van der Waals surface area contributed by atoms with Gasteiger partial charge in [0.05, 0.1) is 11.4 Å². The quantitative estimate of drug-likeness (QED) is 0.499. The van der Waals surface area contributed by atoms with Crippen LogP contribution in [-0.2, 0) is 16.6 Å². The molecule has 0 bridgehead atoms. The number of nitrogens with two attached hydrogens (primary N) is 1. The smallest absolute Gasteiger partial charge is 0.381 e. The van der Waals surface area contributed by atoms with Gasteiger partial charge in [-0.25, -0.2) is 15.0 Å². The molecule has 4 rings (SSSR count). The Bertz CT molecular complexity index is 1180. The number of aliphatic hydroxyl groups is 1. The molecule has 3 heterocycles. The summed E-state index contributed by atoms with van der Waals surface area (Å²) < 4.78 is 38.8. The van der Waals surface area contributed by atoms with Crippen molar-refractivity contribution in [3.8, 4) is 10.4 Å². The summed E-state index contributed by atoms with van der Waals surface area (Å²) in [6, 6.07) is 6.24. The first kappa shape index (κ1) is 23.1. The van der Waals surface area contributed by atoms with Gasteiger partial charge in [0.1, 0.15) is 16.3 Å². The highest BCUT2D eigenvalue weighted by molar-refractivity contribution is 7.15. The van der Waals surface area contributed by atoms with Crippen LogP contribution in [0.15, 0.2) is 36.7 Å². The fraction of sp³-hybridized carbons (Fsp3) is 0.333. The molecule has 174 valence electrons. The van der Waals surface area contributed by atoms with Crippen molar-refractivity contribution in [2.24, 2.45) is 5.73 Å². The molecule has 12 heteroatoms. The first-order valence-corrected chi connectivity index (χ1v) is 10.8. The summed E-state index contributed by atoms with van der Waals surface area (Å²) >= 11 is 1.32. The van der Waals surface area contributed by atoms with E-state index in [1.54, 1.807) is 23.2 Å².